The molecule has 0 bridgehead atoms. The Morgan fingerprint density at radius 1 is 0.282 bits per heavy atom. The molecule has 0 radical (unpaired) electrons. The highest BCUT2D eigenvalue weighted by molar-refractivity contribution is 7.00. The standard InChI is InChI=1S/C125H87BN4O/c1-124(2,3)90-74-103(80-35-14-8-15-36-80)123(104(75-90)81-37-16-9-17-38-81)130-114-77-92(128-110-51-26-23-44-102(110)120-98(46-30-53-112(120)128)79-33-12-7-13-34-79)63-67-108(114)126-107-66-62-91(127-109-50-25-22-43-101(109)119-97(45-29-52-111(119)127)78-31-10-6-11-32-78)76-113(107)129(115-72-89(73-116(130)121(115)126)84-61-68-118-106(71-84)125(4,5)105-49-24-27-54-117(105)131-118)122-99(87-59-64-95-85(69-87)57-55-82-39-18-20-41-93(82)95)47-28-48-100(122)88-60-65-96-86(70-88)58-56-83-40-19-21-42-94(83)96/h6-77H,1-5H3/i22D,23D,25D,26D,29D,30D,43D,44D,45D,46D,50D,51D,52D,53D. The molecule has 0 N–H and O–H groups in total. The van der Waals surface area contributed by atoms with Crippen LogP contribution >= 0.6 is 0 Å². The Bertz CT molecular complexity index is 9440. The summed E-state index contributed by atoms with van der Waals surface area (Å²) in [6.07, 6.45) is 0. The third-order valence-corrected chi connectivity index (χ3v) is 27.6. The van der Waals surface area contributed by atoms with Crippen molar-refractivity contribution in [2.75, 3.05) is 9.80 Å². The van der Waals surface area contributed by atoms with Crippen molar-refractivity contribution in [3.8, 4) is 101 Å². The lowest BCUT2D eigenvalue weighted by molar-refractivity contribution is 0.418. The average Bonchev–Trinajstić information content (AvgIpc) is 1.50. The minimum atomic E-state index is -0.838. The molecule has 0 fully saturated rings. The molecule has 6 heteroatoms. The Hall–Kier alpha value is -16.3. The van der Waals surface area contributed by atoms with E-state index in [4.69, 9.17) is 4.74 Å². The monoisotopic (exact) mass is 1680 g/mol. The van der Waals surface area contributed by atoms with Gasteiger partial charge < -0.3 is 23.7 Å². The summed E-state index contributed by atoms with van der Waals surface area (Å²) in [5, 5.41) is 9.07. The quantitative estimate of drug-likeness (QED) is 0.0953. The van der Waals surface area contributed by atoms with Gasteiger partial charge >= 0.3 is 0 Å². The molecule has 5 heterocycles. The van der Waals surface area contributed by atoms with Gasteiger partial charge in [-0.05, 0) is 229 Å². The van der Waals surface area contributed by atoms with Gasteiger partial charge in [0.05, 0.1) is 52.6 Å². The molecule has 3 aliphatic rings. The van der Waals surface area contributed by atoms with Crippen molar-refractivity contribution in [3.05, 3.63) is 453 Å². The molecule has 26 rings (SSSR count). The minimum absolute atomic E-state index is 0.0320. The van der Waals surface area contributed by atoms with E-state index in [1.54, 1.807) is 9.13 Å². The zero-order valence-electron chi connectivity index (χ0n) is 86.3. The third kappa shape index (κ3) is 11.9. The molecule has 0 aliphatic carbocycles. The average molecular weight is 1690 g/mol. The molecule has 21 aromatic carbocycles. The Labute approximate surface area is 781 Å². The summed E-state index contributed by atoms with van der Waals surface area (Å²) in [6.45, 7) is 10.3. The van der Waals surface area contributed by atoms with Gasteiger partial charge in [0.25, 0.3) is 6.71 Å². The summed E-state index contributed by atoms with van der Waals surface area (Å²) in [4.78, 5) is 4.82. The molecule has 3 aliphatic heterocycles. The zero-order valence-corrected chi connectivity index (χ0v) is 72.3. The van der Waals surface area contributed by atoms with Gasteiger partial charge in [-0.3, -0.25) is 0 Å². The fourth-order valence-electron chi connectivity index (χ4n) is 21.4. The van der Waals surface area contributed by atoms with Crippen LogP contribution in [0.2, 0.25) is 0 Å². The van der Waals surface area contributed by atoms with Crippen LogP contribution in [0.4, 0.5) is 34.1 Å². The lowest BCUT2D eigenvalue weighted by atomic mass is 9.33. The number of fused-ring (bicyclic) bond motifs is 18. The molecule has 2 aromatic heterocycles. The van der Waals surface area contributed by atoms with Crippen LogP contribution in [0, 0.1) is 0 Å². The van der Waals surface area contributed by atoms with Crippen LogP contribution in [0.1, 0.15) is 70.5 Å². The number of hydrogen-bond donors (Lipinski definition) is 0. The second-order valence-electron chi connectivity index (χ2n) is 36.3. The molecular weight excluding hydrogens is 1580 g/mol. The first-order valence-electron chi connectivity index (χ1n) is 51.6. The van der Waals surface area contributed by atoms with Crippen LogP contribution in [0.3, 0.4) is 0 Å². The number of aromatic nitrogens is 2. The number of para-hydroxylation sites is 4. The van der Waals surface area contributed by atoms with Crippen molar-refractivity contribution in [1.82, 2.24) is 9.13 Å². The van der Waals surface area contributed by atoms with Crippen molar-refractivity contribution >= 4 is 144 Å². The van der Waals surface area contributed by atoms with Gasteiger partial charge in [-0.2, -0.15) is 0 Å². The Morgan fingerprint density at radius 3 is 1.21 bits per heavy atom. The van der Waals surface area contributed by atoms with Gasteiger partial charge in [-0.1, -0.05) is 368 Å². The highest BCUT2D eigenvalue weighted by atomic mass is 16.5. The Kier molecular flexibility index (Phi) is 14.1. The highest BCUT2D eigenvalue weighted by Crippen LogP contribution is 2.58. The summed E-state index contributed by atoms with van der Waals surface area (Å²) >= 11 is 0. The van der Waals surface area contributed by atoms with Crippen LogP contribution < -0.4 is 30.9 Å². The first-order chi connectivity index (χ1) is 70.2. The molecule has 616 valence electrons. The molecule has 0 amide bonds. The van der Waals surface area contributed by atoms with Crippen LogP contribution in [0.15, 0.2) is 436 Å². The maximum Gasteiger partial charge on any atom is 0.252 e. The number of ether oxygens (including phenoxy) is 1. The van der Waals surface area contributed by atoms with Crippen LogP contribution in [-0.2, 0) is 10.8 Å². The summed E-state index contributed by atoms with van der Waals surface area (Å²) < 4.78 is 151. The topological polar surface area (TPSA) is 25.6 Å². The first kappa shape index (κ1) is 62.8. The third-order valence-electron chi connectivity index (χ3n) is 27.6. The predicted octanol–water partition coefficient (Wildman–Crippen LogP) is 32.0. The Balaban J connectivity index is 0.875. The van der Waals surface area contributed by atoms with Gasteiger partial charge in [0.2, 0.25) is 0 Å². The minimum Gasteiger partial charge on any atom is -0.457 e. The van der Waals surface area contributed by atoms with E-state index in [2.05, 4.69) is 293 Å². The summed E-state index contributed by atoms with van der Waals surface area (Å²) in [5.41, 5.74) is 19.4. The van der Waals surface area contributed by atoms with E-state index >= 15 is 0 Å². The van der Waals surface area contributed by atoms with Crippen molar-refractivity contribution in [2.24, 2.45) is 0 Å². The van der Waals surface area contributed by atoms with Crippen LogP contribution in [-0.4, -0.2) is 15.8 Å². The predicted molar refractivity (Wildman–Crippen MR) is 555 cm³/mol. The second kappa shape index (κ2) is 29.4. The maximum atomic E-state index is 10.5. The summed E-state index contributed by atoms with van der Waals surface area (Å²) in [6, 6.07) is 115. The van der Waals surface area contributed by atoms with E-state index < -0.39 is 65.9 Å². The number of rotatable bonds is 11. The molecule has 0 unspecified atom stereocenters. The van der Waals surface area contributed by atoms with Crippen molar-refractivity contribution < 1.29 is 23.9 Å². The van der Waals surface area contributed by atoms with E-state index in [1.807, 2.05) is 103 Å². The molecule has 0 atom stereocenters. The number of anilines is 6. The number of benzene rings is 21. The first-order valence-corrected chi connectivity index (χ1v) is 44.6. The van der Waals surface area contributed by atoms with Crippen molar-refractivity contribution in [1.29, 1.82) is 0 Å². The summed E-state index contributed by atoms with van der Waals surface area (Å²) in [5.74, 6) is 1.45. The van der Waals surface area contributed by atoms with Gasteiger partial charge in [-0.15, -0.1) is 0 Å². The lowest BCUT2D eigenvalue weighted by Crippen LogP contribution is -2.61. The number of nitrogens with zero attached hydrogens (tertiary/aromatic N) is 4. The molecule has 0 saturated carbocycles. The van der Waals surface area contributed by atoms with E-state index in [-0.39, 0.29) is 91.0 Å². The lowest BCUT2D eigenvalue weighted by Gasteiger charge is -2.46. The second-order valence-corrected chi connectivity index (χ2v) is 36.3. The largest absolute Gasteiger partial charge is 0.457 e. The van der Waals surface area contributed by atoms with E-state index in [9.17, 15) is 19.2 Å². The fourth-order valence-corrected chi connectivity index (χ4v) is 21.4. The SMILES string of the molecule is [2H]c1c([2H])c([2H])c2c(c1[2H])c1c(-c3ccccc3)c([2H])c([2H])c([2H])c1n2-c1ccc2c(c1)N(c1c(-c3ccc4c(ccc5ccccc54)c3)cccc1-c1ccc3c(ccc4ccccc43)c1)c1cc(-c3ccc4c(c3)C(C)(C)c3ccccc3O4)cc3c1B2c1ccc(-n2c4c([2H])c([2H])c([2H])c([2H])c4c4c(-c5ccccc5)c([2H])c([2H])c([2H])c42)cc1N3c1c(-c2ccccc2)cc(C(C)(C)C)cc1-c1ccccc1. The summed E-state index contributed by atoms with van der Waals surface area (Å²) in [7, 11) is 0. The molecule has 131 heavy (non-hydrogen) atoms. The molecular formula is C125H87BN4O. The van der Waals surface area contributed by atoms with Gasteiger partial charge in [0.1, 0.15) is 11.5 Å². The molecule has 0 spiro atoms. The zero-order chi connectivity index (χ0) is 99.2. The van der Waals surface area contributed by atoms with E-state index in [0.717, 1.165) is 155 Å². The molecule has 5 nitrogen and oxygen atoms in total. The van der Waals surface area contributed by atoms with Gasteiger partial charge in [-0.25, -0.2) is 0 Å². The highest BCUT2D eigenvalue weighted by Gasteiger charge is 2.47. The van der Waals surface area contributed by atoms with Gasteiger partial charge in [0.15, 0.2) is 0 Å². The van der Waals surface area contributed by atoms with Crippen molar-refractivity contribution in [3.63, 3.8) is 0 Å². The normalized spacial score (nSPS) is 14.6. The molecule has 0 saturated heterocycles. The van der Waals surface area contributed by atoms with Crippen LogP contribution in [0.5, 0.6) is 11.5 Å². The smallest absolute Gasteiger partial charge is 0.252 e. The fraction of sp³-hybridized carbons (Fsp3) is 0.0560. The van der Waals surface area contributed by atoms with Crippen LogP contribution in [0.25, 0.3) is 176 Å². The maximum absolute atomic E-state index is 10.5. The van der Waals surface area contributed by atoms with Crippen molar-refractivity contribution in [2.45, 2.75) is 45.4 Å². The van der Waals surface area contributed by atoms with Gasteiger partial charge in [0, 0.05) is 94.5 Å². The Morgan fingerprint density at radius 2 is 0.702 bits per heavy atom. The number of hydrogen-bond acceptors (Lipinski definition) is 3. The van der Waals surface area contributed by atoms with E-state index in [0.29, 0.717) is 45.3 Å². The van der Waals surface area contributed by atoms with E-state index in [1.165, 1.54) is 0 Å². The molecule has 23 aromatic rings.